The second-order valence-electron chi connectivity index (χ2n) is 3.72. The number of rotatable bonds is 4. The highest BCUT2D eigenvalue weighted by Crippen LogP contribution is 2.16. The number of benzene rings is 2. The molecule has 5 nitrogen and oxygen atoms in total. The van der Waals surface area contributed by atoms with Crippen molar-refractivity contribution in [3.8, 4) is 0 Å². The molecular formula is C14H13N3O2. The van der Waals surface area contributed by atoms with Crippen LogP contribution in [0.25, 0.3) is 0 Å². The first-order chi connectivity index (χ1) is 9.29. The van der Waals surface area contributed by atoms with Crippen LogP contribution >= 0.6 is 0 Å². The van der Waals surface area contributed by atoms with Gasteiger partial charge in [-0.05, 0) is 36.4 Å². The summed E-state index contributed by atoms with van der Waals surface area (Å²) >= 11 is 0. The predicted octanol–water partition coefficient (Wildman–Crippen LogP) is 3.58. The molecule has 0 aromatic heterocycles. The maximum atomic E-state index is 11.5. The molecule has 0 aliphatic rings. The fourth-order valence-corrected chi connectivity index (χ4v) is 1.43. The number of nitrogens with one attached hydrogen (secondary N) is 1. The minimum Gasteiger partial charge on any atom is -0.388 e. The van der Waals surface area contributed by atoms with Gasteiger partial charge in [-0.15, -0.1) is 5.11 Å². The lowest BCUT2D eigenvalue weighted by Crippen LogP contribution is -1.99. The molecule has 19 heavy (non-hydrogen) atoms. The molecule has 0 unspecified atom stereocenters. The summed E-state index contributed by atoms with van der Waals surface area (Å²) in [6, 6.07) is 15.9. The number of carbonyl (C=O) groups is 1. The zero-order chi connectivity index (χ0) is 13.5. The highest BCUT2D eigenvalue weighted by atomic mass is 16.7. The van der Waals surface area contributed by atoms with Gasteiger partial charge in [0.25, 0.3) is 0 Å². The van der Waals surface area contributed by atoms with Crippen molar-refractivity contribution in [3.63, 3.8) is 0 Å². The normalized spacial score (nSPS) is 10.4. The van der Waals surface area contributed by atoms with Crippen molar-refractivity contribution in [2.75, 3.05) is 12.4 Å². The summed E-state index contributed by atoms with van der Waals surface area (Å²) in [5, 5.41) is 10.2. The number of hydrogen-bond acceptors (Lipinski definition) is 5. The van der Waals surface area contributed by atoms with E-state index in [0.29, 0.717) is 11.3 Å². The lowest BCUT2D eigenvalue weighted by atomic mass is 10.2. The Morgan fingerprint density at radius 3 is 2.37 bits per heavy atom. The Hall–Kier alpha value is -2.69. The van der Waals surface area contributed by atoms with Crippen molar-refractivity contribution in [2.24, 2.45) is 10.4 Å². The predicted molar refractivity (Wildman–Crippen MR) is 72.4 cm³/mol. The van der Waals surface area contributed by atoms with E-state index in [4.69, 9.17) is 4.84 Å². The fourth-order valence-electron chi connectivity index (χ4n) is 1.43. The Morgan fingerprint density at radius 1 is 1.05 bits per heavy atom. The first kappa shape index (κ1) is 12.8. The monoisotopic (exact) mass is 255 g/mol. The highest BCUT2D eigenvalue weighted by molar-refractivity contribution is 5.89. The van der Waals surface area contributed by atoms with Crippen LogP contribution in [0.4, 0.5) is 11.4 Å². The van der Waals surface area contributed by atoms with Gasteiger partial charge in [-0.25, -0.2) is 4.79 Å². The topological polar surface area (TPSA) is 63.1 Å². The van der Waals surface area contributed by atoms with Crippen molar-refractivity contribution in [3.05, 3.63) is 60.2 Å². The third kappa shape index (κ3) is 3.64. The lowest BCUT2D eigenvalue weighted by Gasteiger charge is -1.98. The summed E-state index contributed by atoms with van der Waals surface area (Å²) in [5.41, 5.74) is 2.02. The van der Waals surface area contributed by atoms with E-state index in [1.165, 1.54) is 0 Å². The Kier molecular flexibility index (Phi) is 4.23. The van der Waals surface area contributed by atoms with Gasteiger partial charge in [-0.1, -0.05) is 18.2 Å². The fraction of sp³-hybridized carbons (Fsp3) is 0.0714. The Bertz CT molecular complexity index is 565. The molecule has 0 radical (unpaired) electrons. The van der Waals surface area contributed by atoms with Gasteiger partial charge in [0.05, 0.1) is 11.3 Å². The highest BCUT2D eigenvalue weighted by Gasteiger charge is 2.05. The zero-order valence-electron chi connectivity index (χ0n) is 10.4. The largest absolute Gasteiger partial charge is 0.388 e. The molecule has 2 rings (SSSR count). The molecule has 2 aromatic carbocycles. The van der Waals surface area contributed by atoms with Crippen LogP contribution in [0, 0.1) is 0 Å². The van der Waals surface area contributed by atoms with Crippen molar-refractivity contribution in [2.45, 2.75) is 0 Å². The molecule has 0 atom stereocenters. The van der Waals surface area contributed by atoms with Gasteiger partial charge in [-0.3, -0.25) is 4.84 Å². The first-order valence-corrected chi connectivity index (χ1v) is 5.75. The molecule has 2 aromatic rings. The van der Waals surface area contributed by atoms with Crippen molar-refractivity contribution in [1.29, 1.82) is 0 Å². The second-order valence-corrected chi connectivity index (χ2v) is 3.72. The molecule has 0 amide bonds. The molecule has 0 spiro atoms. The summed E-state index contributed by atoms with van der Waals surface area (Å²) in [4.78, 5) is 16.2. The van der Waals surface area contributed by atoms with Gasteiger partial charge in [0.2, 0.25) is 0 Å². The SMILES string of the molecule is CNc1ccc(N=NOC(=O)c2ccccc2)cc1. The lowest BCUT2D eigenvalue weighted by molar-refractivity contribution is 0.0483. The van der Waals surface area contributed by atoms with E-state index >= 15 is 0 Å². The van der Waals surface area contributed by atoms with Crippen LogP contribution in [-0.2, 0) is 4.84 Å². The third-order valence-corrected chi connectivity index (χ3v) is 2.45. The summed E-state index contributed by atoms with van der Waals surface area (Å²) in [6.07, 6.45) is 0. The summed E-state index contributed by atoms with van der Waals surface area (Å²) < 4.78 is 0. The van der Waals surface area contributed by atoms with E-state index in [1.807, 2.05) is 25.2 Å². The van der Waals surface area contributed by atoms with Crippen LogP contribution in [-0.4, -0.2) is 13.0 Å². The second kappa shape index (κ2) is 6.30. The van der Waals surface area contributed by atoms with E-state index in [2.05, 4.69) is 15.7 Å². The van der Waals surface area contributed by atoms with Crippen molar-refractivity contribution >= 4 is 17.3 Å². The molecule has 0 bridgehead atoms. The van der Waals surface area contributed by atoms with E-state index in [0.717, 1.165) is 5.69 Å². The third-order valence-electron chi connectivity index (χ3n) is 2.45. The maximum Gasteiger partial charge on any atom is 0.367 e. The number of carbonyl (C=O) groups excluding carboxylic acids is 1. The van der Waals surface area contributed by atoms with Gasteiger partial charge in [-0.2, -0.15) is 0 Å². The molecule has 0 saturated heterocycles. The van der Waals surface area contributed by atoms with Crippen molar-refractivity contribution < 1.29 is 9.63 Å². The average molecular weight is 255 g/mol. The van der Waals surface area contributed by atoms with Crippen LogP contribution in [0.15, 0.2) is 65.0 Å². The van der Waals surface area contributed by atoms with Crippen LogP contribution in [0.3, 0.4) is 0 Å². The Labute approximate surface area is 110 Å². The molecule has 0 fully saturated rings. The van der Waals surface area contributed by atoms with Gasteiger partial charge in [0.1, 0.15) is 0 Å². The Morgan fingerprint density at radius 2 is 1.74 bits per heavy atom. The smallest absolute Gasteiger partial charge is 0.367 e. The zero-order valence-corrected chi connectivity index (χ0v) is 10.4. The summed E-state index contributed by atoms with van der Waals surface area (Å²) in [6.45, 7) is 0. The molecule has 96 valence electrons. The molecule has 5 heteroatoms. The Balaban J connectivity index is 1.94. The van der Waals surface area contributed by atoms with Gasteiger partial charge >= 0.3 is 5.97 Å². The minimum absolute atomic E-state index is 0.437. The number of anilines is 1. The number of hydrogen-bond donors (Lipinski definition) is 1. The van der Waals surface area contributed by atoms with Crippen LogP contribution in [0.2, 0.25) is 0 Å². The van der Waals surface area contributed by atoms with E-state index in [-0.39, 0.29) is 0 Å². The van der Waals surface area contributed by atoms with Crippen molar-refractivity contribution in [1.82, 2.24) is 0 Å². The van der Waals surface area contributed by atoms with Gasteiger partial charge in [0.15, 0.2) is 0 Å². The van der Waals surface area contributed by atoms with Gasteiger partial charge < -0.3 is 5.32 Å². The van der Waals surface area contributed by atoms with Crippen LogP contribution in [0.5, 0.6) is 0 Å². The van der Waals surface area contributed by atoms with Crippen LogP contribution < -0.4 is 5.32 Å². The standard InChI is InChI=1S/C14H13N3O2/c1-15-12-7-9-13(10-8-12)16-17-19-14(18)11-5-3-2-4-6-11/h2-10,15H,1H3. The minimum atomic E-state index is -0.531. The maximum absolute atomic E-state index is 11.5. The molecule has 0 heterocycles. The van der Waals surface area contributed by atoms with Crippen LogP contribution in [0.1, 0.15) is 10.4 Å². The number of nitrogens with zero attached hydrogens (tertiary/aromatic N) is 2. The summed E-state index contributed by atoms with van der Waals surface area (Å²) in [7, 11) is 1.83. The summed E-state index contributed by atoms with van der Waals surface area (Å²) in [5.74, 6) is -0.531. The first-order valence-electron chi connectivity index (χ1n) is 5.75. The molecular weight excluding hydrogens is 242 g/mol. The molecule has 0 aliphatic carbocycles. The van der Waals surface area contributed by atoms with E-state index < -0.39 is 5.97 Å². The molecule has 0 aliphatic heterocycles. The van der Waals surface area contributed by atoms with Gasteiger partial charge in [0, 0.05) is 18.0 Å². The molecule has 1 N–H and O–H groups in total. The molecule has 0 saturated carbocycles. The van der Waals surface area contributed by atoms with E-state index in [9.17, 15) is 4.79 Å². The van der Waals surface area contributed by atoms with E-state index in [1.54, 1.807) is 36.4 Å². The quantitative estimate of drug-likeness (QED) is 0.670. The average Bonchev–Trinajstić information content (AvgIpc) is 2.49.